The maximum absolute atomic E-state index is 11.4. The Labute approximate surface area is 125 Å². The number of rotatable bonds is 8. The fourth-order valence-electron chi connectivity index (χ4n) is 1.56. The first-order valence-corrected chi connectivity index (χ1v) is 7.20. The average Bonchev–Trinajstić information content (AvgIpc) is 2.41. The third-order valence-corrected chi connectivity index (χ3v) is 2.88. The van der Waals surface area contributed by atoms with Gasteiger partial charge in [0, 0.05) is 17.7 Å². The highest BCUT2D eigenvalue weighted by Gasteiger charge is 2.02. The van der Waals surface area contributed by atoms with Gasteiger partial charge in [-0.3, -0.25) is 4.79 Å². The van der Waals surface area contributed by atoms with Crippen LogP contribution < -0.4 is 10.2 Å². The quantitative estimate of drug-likeness (QED) is 0.452. The minimum Gasteiger partial charge on any atom is -0.493 e. The average molecular weight is 297 g/mol. The molecule has 0 atom stereocenters. The Morgan fingerprint density at radius 3 is 3.00 bits per heavy atom. The van der Waals surface area contributed by atoms with E-state index in [1.165, 1.54) is 0 Å². The fourth-order valence-corrected chi connectivity index (χ4v) is 1.78. The predicted molar refractivity (Wildman–Crippen MR) is 82.5 cm³/mol. The maximum Gasteiger partial charge on any atom is 0.240 e. The van der Waals surface area contributed by atoms with Crippen LogP contribution in [0.4, 0.5) is 0 Å². The molecule has 0 aliphatic heterocycles. The lowest BCUT2D eigenvalue weighted by Crippen LogP contribution is -2.17. The van der Waals surface area contributed by atoms with Gasteiger partial charge in [-0.25, -0.2) is 5.43 Å². The van der Waals surface area contributed by atoms with Gasteiger partial charge in [0.2, 0.25) is 5.91 Å². The van der Waals surface area contributed by atoms with Gasteiger partial charge in [0.05, 0.1) is 6.61 Å². The van der Waals surface area contributed by atoms with Gasteiger partial charge in [0.15, 0.2) is 0 Å². The Bertz CT molecular complexity index is 461. The van der Waals surface area contributed by atoms with Crippen molar-refractivity contribution in [2.24, 2.45) is 5.10 Å². The summed E-state index contributed by atoms with van der Waals surface area (Å²) in [4.78, 5) is 11.4. The number of hydrogen-bond acceptors (Lipinski definition) is 3. The molecule has 0 spiro atoms. The van der Waals surface area contributed by atoms with Gasteiger partial charge >= 0.3 is 0 Å². The molecular formula is C15H21ClN2O2. The van der Waals surface area contributed by atoms with Crippen LogP contribution in [0.2, 0.25) is 5.02 Å². The van der Waals surface area contributed by atoms with E-state index in [1.807, 2.05) is 19.1 Å². The number of hydrazone groups is 1. The van der Waals surface area contributed by atoms with E-state index in [1.54, 1.807) is 12.3 Å². The molecule has 0 aromatic heterocycles. The fraction of sp³-hybridized carbons (Fsp3) is 0.467. The third-order valence-electron chi connectivity index (χ3n) is 2.64. The van der Waals surface area contributed by atoms with Crippen molar-refractivity contribution in [2.75, 3.05) is 6.61 Å². The van der Waals surface area contributed by atoms with E-state index in [9.17, 15) is 4.79 Å². The number of benzene rings is 1. The number of carbonyl (C=O) groups excluding carboxylic acids is 1. The van der Waals surface area contributed by atoms with Gasteiger partial charge in [-0.2, -0.15) is 5.10 Å². The Morgan fingerprint density at radius 1 is 1.50 bits per heavy atom. The first-order chi connectivity index (χ1) is 9.63. The number of nitrogens with zero attached hydrogens (tertiary/aromatic N) is 1. The van der Waals surface area contributed by atoms with Gasteiger partial charge in [0.1, 0.15) is 5.75 Å². The molecule has 0 aliphatic rings. The Morgan fingerprint density at radius 2 is 2.30 bits per heavy atom. The number of halogens is 1. The molecule has 0 fully saturated rings. The van der Waals surface area contributed by atoms with Gasteiger partial charge in [0.25, 0.3) is 0 Å². The molecule has 0 saturated heterocycles. The van der Waals surface area contributed by atoms with Gasteiger partial charge in [-0.15, -0.1) is 0 Å². The van der Waals surface area contributed by atoms with Crippen LogP contribution in [0.25, 0.3) is 0 Å². The van der Waals surface area contributed by atoms with E-state index in [0.717, 1.165) is 24.2 Å². The number of hydrogen-bond donors (Lipinski definition) is 1. The summed E-state index contributed by atoms with van der Waals surface area (Å²) in [6, 6.07) is 5.48. The molecule has 1 aromatic rings. The van der Waals surface area contributed by atoms with E-state index in [0.29, 0.717) is 24.5 Å². The van der Waals surface area contributed by atoms with Gasteiger partial charge in [-0.1, -0.05) is 24.9 Å². The summed E-state index contributed by atoms with van der Waals surface area (Å²) in [5, 5.41) is 4.54. The van der Waals surface area contributed by atoms with Crippen LogP contribution in [-0.2, 0) is 4.79 Å². The SMILES string of the molecule is CCC/C=N/NC(=O)CCCOc1ccc(Cl)cc1C. The van der Waals surface area contributed by atoms with Crippen LogP contribution >= 0.6 is 11.6 Å². The van der Waals surface area contributed by atoms with Crippen LogP contribution in [0.3, 0.4) is 0 Å². The van der Waals surface area contributed by atoms with Crippen LogP contribution in [-0.4, -0.2) is 18.7 Å². The predicted octanol–water partition coefficient (Wildman–Crippen LogP) is 3.71. The second kappa shape index (κ2) is 9.37. The third kappa shape index (κ3) is 6.57. The summed E-state index contributed by atoms with van der Waals surface area (Å²) in [7, 11) is 0. The topological polar surface area (TPSA) is 50.7 Å². The van der Waals surface area contributed by atoms with Crippen LogP contribution in [0.5, 0.6) is 5.75 Å². The number of unbranched alkanes of at least 4 members (excludes halogenated alkanes) is 1. The zero-order valence-electron chi connectivity index (χ0n) is 12.0. The van der Waals surface area contributed by atoms with Gasteiger partial charge < -0.3 is 4.74 Å². The molecular weight excluding hydrogens is 276 g/mol. The smallest absolute Gasteiger partial charge is 0.240 e. The van der Waals surface area contributed by atoms with Gasteiger partial charge in [-0.05, 0) is 43.5 Å². The lowest BCUT2D eigenvalue weighted by molar-refractivity contribution is -0.121. The second-order valence-electron chi connectivity index (χ2n) is 4.50. The van der Waals surface area contributed by atoms with Crippen molar-refractivity contribution in [2.45, 2.75) is 39.5 Å². The minimum atomic E-state index is -0.0891. The zero-order valence-corrected chi connectivity index (χ0v) is 12.7. The van der Waals surface area contributed by atoms with Crippen LogP contribution in [0.1, 0.15) is 38.2 Å². The standard InChI is InChI=1S/C15H21ClN2O2/c1-3-4-9-17-18-15(19)6-5-10-20-14-8-7-13(16)11-12(14)2/h7-9,11H,3-6,10H2,1-2H3,(H,18,19)/b17-9+. The van der Waals surface area contributed by atoms with Crippen molar-refractivity contribution in [3.63, 3.8) is 0 Å². The van der Waals surface area contributed by atoms with Crippen molar-refractivity contribution in [3.05, 3.63) is 28.8 Å². The highest BCUT2D eigenvalue weighted by Crippen LogP contribution is 2.21. The first kappa shape index (κ1) is 16.5. The molecule has 0 heterocycles. The highest BCUT2D eigenvalue weighted by atomic mass is 35.5. The first-order valence-electron chi connectivity index (χ1n) is 6.82. The van der Waals surface area contributed by atoms with Crippen molar-refractivity contribution in [1.29, 1.82) is 0 Å². The number of aryl methyl sites for hydroxylation is 1. The molecule has 20 heavy (non-hydrogen) atoms. The summed E-state index contributed by atoms with van der Waals surface area (Å²) in [5.41, 5.74) is 3.48. The summed E-state index contributed by atoms with van der Waals surface area (Å²) >= 11 is 5.87. The molecule has 1 rings (SSSR count). The van der Waals surface area contributed by atoms with Crippen molar-refractivity contribution < 1.29 is 9.53 Å². The molecule has 0 unspecified atom stereocenters. The molecule has 1 N–H and O–H groups in total. The molecule has 1 amide bonds. The van der Waals surface area contributed by atoms with Crippen molar-refractivity contribution >= 4 is 23.7 Å². The number of carbonyl (C=O) groups is 1. The highest BCUT2D eigenvalue weighted by molar-refractivity contribution is 6.30. The van der Waals surface area contributed by atoms with E-state index < -0.39 is 0 Å². The molecule has 0 saturated carbocycles. The molecule has 1 aromatic carbocycles. The van der Waals surface area contributed by atoms with E-state index in [-0.39, 0.29) is 5.91 Å². The normalized spacial score (nSPS) is 10.8. The number of nitrogens with one attached hydrogen (secondary N) is 1. The number of amides is 1. The monoisotopic (exact) mass is 296 g/mol. The lowest BCUT2D eigenvalue weighted by Gasteiger charge is -2.08. The summed E-state index contributed by atoms with van der Waals surface area (Å²) in [6.45, 7) is 4.49. The maximum atomic E-state index is 11.4. The lowest BCUT2D eigenvalue weighted by atomic mass is 10.2. The van der Waals surface area contributed by atoms with E-state index in [2.05, 4.69) is 17.5 Å². The van der Waals surface area contributed by atoms with Crippen LogP contribution in [0.15, 0.2) is 23.3 Å². The number of ether oxygens (including phenoxy) is 1. The molecule has 4 nitrogen and oxygen atoms in total. The Balaban J connectivity index is 2.19. The van der Waals surface area contributed by atoms with E-state index >= 15 is 0 Å². The Kier molecular flexibility index (Phi) is 7.73. The summed E-state index contributed by atoms with van der Waals surface area (Å²) in [5.74, 6) is 0.713. The molecule has 0 bridgehead atoms. The second-order valence-corrected chi connectivity index (χ2v) is 4.93. The zero-order chi connectivity index (χ0) is 14.8. The Hall–Kier alpha value is -1.55. The summed E-state index contributed by atoms with van der Waals surface area (Å²) < 4.78 is 5.61. The van der Waals surface area contributed by atoms with Crippen molar-refractivity contribution in [3.8, 4) is 5.75 Å². The summed E-state index contributed by atoms with van der Waals surface area (Å²) in [6.07, 6.45) is 4.66. The molecule has 5 heteroatoms. The molecule has 0 radical (unpaired) electrons. The largest absolute Gasteiger partial charge is 0.493 e. The molecule has 110 valence electrons. The van der Waals surface area contributed by atoms with Crippen LogP contribution in [0, 0.1) is 6.92 Å². The molecule has 0 aliphatic carbocycles. The van der Waals surface area contributed by atoms with Crippen molar-refractivity contribution in [1.82, 2.24) is 5.43 Å². The minimum absolute atomic E-state index is 0.0891. The van der Waals surface area contributed by atoms with E-state index in [4.69, 9.17) is 16.3 Å².